The minimum Gasteiger partial charge on any atom is -0.495 e. The molecule has 0 aliphatic heterocycles. The van der Waals surface area contributed by atoms with Crippen LogP contribution in [0.4, 0.5) is 5.69 Å². The van der Waals surface area contributed by atoms with Crippen LogP contribution in [0.5, 0.6) is 5.75 Å². The van der Waals surface area contributed by atoms with Gasteiger partial charge < -0.3 is 10.1 Å². The number of hydrogen-bond donors (Lipinski definition) is 1. The number of hydrogen-bond acceptors (Lipinski definition) is 4. The van der Waals surface area contributed by atoms with Crippen LogP contribution in [0, 0.1) is 12.3 Å². The van der Waals surface area contributed by atoms with Crippen molar-refractivity contribution >= 4 is 37.4 Å². The molecule has 2 aromatic rings. The second kappa shape index (κ2) is 8.02. The van der Waals surface area contributed by atoms with Gasteiger partial charge in [0.2, 0.25) is 0 Å². The van der Waals surface area contributed by atoms with Gasteiger partial charge in [-0.2, -0.15) is 0 Å². The van der Waals surface area contributed by atoms with Gasteiger partial charge in [0, 0.05) is 15.7 Å². The number of carbonyl (C=O) groups excluding carboxylic acids is 1. The van der Waals surface area contributed by atoms with Crippen LogP contribution < -0.4 is 10.1 Å². The molecule has 1 amide bonds. The Morgan fingerprint density at radius 3 is 2.37 bits per heavy atom. The van der Waals surface area contributed by atoms with Crippen molar-refractivity contribution in [2.24, 2.45) is 5.41 Å². The highest BCUT2D eigenvalue weighted by atomic mass is 79.9. The van der Waals surface area contributed by atoms with Crippen molar-refractivity contribution in [3.05, 3.63) is 52.0 Å². The van der Waals surface area contributed by atoms with E-state index in [0.717, 1.165) is 10.0 Å². The quantitative estimate of drug-likeness (QED) is 0.702. The number of amides is 1. The largest absolute Gasteiger partial charge is 0.495 e. The van der Waals surface area contributed by atoms with Crippen LogP contribution in [0.25, 0.3) is 0 Å². The molecule has 0 bridgehead atoms. The molecule has 146 valence electrons. The Morgan fingerprint density at radius 1 is 1.15 bits per heavy atom. The van der Waals surface area contributed by atoms with Crippen molar-refractivity contribution in [1.29, 1.82) is 0 Å². The fourth-order valence-corrected chi connectivity index (χ4v) is 4.91. The first-order valence-corrected chi connectivity index (χ1v) is 10.9. The number of benzene rings is 2. The first kappa shape index (κ1) is 21.4. The maximum absolute atomic E-state index is 12.7. The molecule has 0 aromatic heterocycles. The fourth-order valence-electron chi connectivity index (χ4n) is 2.64. The van der Waals surface area contributed by atoms with Crippen molar-refractivity contribution in [1.82, 2.24) is 0 Å². The van der Waals surface area contributed by atoms with Crippen LogP contribution in [-0.4, -0.2) is 27.2 Å². The minimum atomic E-state index is -3.53. The normalized spacial score (nSPS) is 11.9. The lowest BCUT2D eigenvalue weighted by Crippen LogP contribution is -2.21. The highest BCUT2D eigenvalue weighted by molar-refractivity contribution is 9.10. The van der Waals surface area contributed by atoms with E-state index in [-0.39, 0.29) is 27.7 Å². The molecular formula is C20H24BrNO4S. The molecule has 0 saturated carbocycles. The number of rotatable bonds is 5. The Labute approximate surface area is 169 Å². The van der Waals surface area contributed by atoms with E-state index in [9.17, 15) is 13.2 Å². The number of carbonyl (C=O) groups is 1. The summed E-state index contributed by atoms with van der Waals surface area (Å²) < 4.78 is 31.6. The molecule has 2 rings (SSSR count). The van der Waals surface area contributed by atoms with Crippen LogP contribution in [0.2, 0.25) is 0 Å². The smallest absolute Gasteiger partial charge is 0.255 e. The van der Waals surface area contributed by atoms with Crippen molar-refractivity contribution in [3.63, 3.8) is 0 Å². The molecule has 27 heavy (non-hydrogen) atoms. The molecule has 2 aromatic carbocycles. The molecule has 0 unspecified atom stereocenters. The molecule has 0 saturated heterocycles. The zero-order valence-corrected chi connectivity index (χ0v) is 18.5. The summed E-state index contributed by atoms with van der Waals surface area (Å²) in [5.41, 5.74) is 1.58. The summed E-state index contributed by atoms with van der Waals surface area (Å²) in [6, 6.07) is 9.88. The molecule has 1 N–H and O–H groups in total. The Bertz CT molecular complexity index is 962. The minimum absolute atomic E-state index is 0.0138. The summed E-state index contributed by atoms with van der Waals surface area (Å²) in [4.78, 5) is 12.6. The molecule has 0 fully saturated rings. The Morgan fingerprint density at radius 2 is 1.81 bits per heavy atom. The SMILES string of the molecule is COc1cc(C(=O)Nc2ccc(Br)c(C)c2)ccc1S(=O)(=O)CC(C)(C)C. The molecular weight excluding hydrogens is 430 g/mol. The zero-order valence-electron chi connectivity index (χ0n) is 16.1. The van der Waals surface area contributed by atoms with Gasteiger partial charge in [-0.15, -0.1) is 0 Å². The van der Waals surface area contributed by atoms with Gasteiger partial charge in [0.1, 0.15) is 10.6 Å². The lowest BCUT2D eigenvalue weighted by molar-refractivity contribution is 0.102. The first-order chi connectivity index (χ1) is 12.4. The lowest BCUT2D eigenvalue weighted by atomic mass is 10.0. The van der Waals surface area contributed by atoms with Gasteiger partial charge in [0.25, 0.3) is 5.91 Å². The molecule has 0 spiro atoms. The van der Waals surface area contributed by atoms with Gasteiger partial charge in [-0.1, -0.05) is 36.7 Å². The number of anilines is 1. The highest BCUT2D eigenvalue weighted by Gasteiger charge is 2.27. The van der Waals surface area contributed by atoms with Gasteiger partial charge >= 0.3 is 0 Å². The fraction of sp³-hybridized carbons (Fsp3) is 0.350. The molecule has 0 aliphatic carbocycles. The topological polar surface area (TPSA) is 72.5 Å². The molecule has 0 radical (unpaired) electrons. The highest BCUT2D eigenvalue weighted by Crippen LogP contribution is 2.30. The number of halogens is 1. The number of ether oxygens (including phenoxy) is 1. The average Bonchev–Trinajstić information content (AvgIpc) is 2.55. The second-order valence-corrected chi connectivity index (χ2v) is 10.4. The third-order valence-corrected chi connectivity index (χ3v) is 6.94. The first-order valence-electron chi connectivity index (χ1n) is 8.41. The van der Waals surface area contributed by atoms with Gasteiger partial charge in [0.15, 0.2) is 9.84 Å². The van der Waals surface area contributed by atoms with Gasteiger partial charge in [-0.3, -0.25) is 4.79 Å². The van der Waals surface area contributed by atoms with Gasteiger partial charge in [-0.05, 0) is 54.3 Å². The third-order valence-electron chi connectivity index (χ3n) is 3.80. The summed E-state index contributed by atoms with van der Waals surface area (Å²) in [6.07, 6.45) is 0. The Hall–Kier alpha value is -1.86. The summed E-state index contributed by atoms with van der Waals surface area (Å²) >= 11 is 3.42. The van der Waals surface area contributed by atoms with Crippen LogP contribution in [-0.2, 0) is 9.84 Å². The molecule has 5 nitrogen and oxygen atoms in total. The Balaban J connectivity index is 2.32. The van der Waals surface area contributed by atoms with Crippen LogP contribution in [0.15, 0.2) is 45.8 Å². The van der Waals surface area contributed by atoms with Crippen molar-refractivity contribution < 1.29 is 17.9 Å². The number of aryl methyl sites for hydroxylation is 1. The number of sulfone groups is 1. The summed E-state index contributed by atoms with van der Waals surface area (Å²) in [5.74, 6) is -0.186. The van der Waals surface area contributed by atoms with E-state index in [1.54, 1.807) is 6.07 Å². The Kier molecular flexibility index (Phi) is 6.37. The summed E-state index contributed by atoms with van der Waals surface area (Å²) in [5, 5.41) is 2.81. The summed E-state index contributed by atoms with van der Waals surface area (Å²) in [7, 11) is -2.14. The summed E-state index contributed by atoms with van der Waals surface area (Å²) in [6.45, 7) is 7.51. The van der Waals surface area contributed by atoms with Crippen molar-refractivity contribution in [2.75, 3.05) is 18.2 Å². The monoisotopic (exact) mass is 453 g/mol. The van der Waals surface area contributed by atoms with Crippen molar-refractivity contribution in [3.8, 4) is 5.75 Å². The van der Waals surface area contributed by atoms with Crippen LogP contribution in [0.1, 0.15) is 36.7 Å². The van der Waals surface area contributed by atoms with Crippen molar-refractivity contribution in [2.45, 2.75) is 32.6 Å². The molecule has 7 heteroatoms. The maximum atomic E-state index is 12.7. The number of methoxy groups -OCH3 is 1. The molecule has 0 atom stereocenters. The van der Waals surface area contributed by atoms with E-state index < -0.39 is 9.84 Å². The predicted octanol–water partition coefficient (Wildman–Crippen LogP) is 4.84. The van der Waals surface area contributed by atoms with E-state index in [2.05, 4.69) is 21.2 Å². The van der Waals surface area contributed by atoms with E-state index in [4.69, 9.17) is 4.74 Å². The lowest BCUT2D eigenvalue weighted by Gasteiger charge is -2.19. The van der Waals surface area contributed by atoms with E-state index >= 15 is 0 Å². The molecule has 0 aliphatic rings. The second-order valence-electron chi connectivity index (χ2n) is 7.60. The van der Waals surface area contributed by atoms with E-state index in [1.807, 2.05) is 39.8 Å². The standard InChI is InChI=1S/C20H24BrNO4S/c1-13-10-15(7-8-16(13)21)22-19(23)14-6-9-18(17(11-14)26-5)27(24,25)12-20(2,3)4/h6-11H,12H2,1-5H3,(H,22,23). The average molecular weight is 454 g/mol. The van der Waals surface area contributed by atoms with Gasteiger partial charge in [-0.25, -0.2) is 8.42 Å². The van der Waals surface area contributed by atoms with E-state index in [0.29, 0.717) is 11.3 Å². The predicted molar refractivity (Wildman–Crippen MR) is 111 cm³/mol. The van der Waals surface area contributed by atoms with Gasteiger partial charge in [0.05, 0.1) is 12.9 Å². The van der Waals surface area contributed by atoms with E-state index in [1.165, 1.54) is 25.3 Å². The number of nitrogens with one attached hydrogen (secondary N) is 1. The maximum Gasteiger partial charge on any atom is 0.255 e. The third kappa shape index (κ3) is 5.56. The molecule has 0 heterocycles. The van der Waals surface area contributed by atoms with Crippen LogP contribution in [0.3, 0.4) is 0 Å². The zero-order chi connectivity index (χ0) is 20.4. The van der Waals surface area contributed by atoms with Crippen LogP contribution >= 0.6 is 15.9 Å².